The Hall–Kier alpha value is -0.530. The van der Waals surface area contributed by atoms with Gasteiger partial charge < -0.3 is 5.32 Å². The van der Waals surface area contributed by atoms with Crippen LogP contribution in [0.3, 0.4) is 0 Å². The Labute approximate surface area is 138 Å². The average Bonchev–Trinajstić information content (AvgIpc) is 2.42. The van der Waals surface area contributed by atoms with Gasteiger partial charge in [-0.2, -0.15) is 0 Å². The summed E-state index contributed by atoms with van der Waals surface area (Å²) < 4.78 is 1.83. The number of benzene rings is 2. The molecular formula is C14H11BrINOS. The summed E-state index contributed by atoms with van der Waals surface area (Å²) in [6, 6.07) is 13.5. The van der Waals surface area contributed by atoms with E-state index in [9.17, 15) is 4.79 Å². The van der Waals surface area contributed by atoms with E-state index < -0.39 is 0 Å². The highest BCUT2D eigenvalue weighted by Gasteiger charge is 2.10. The molecule has 5 heteroatoms. The van der Waals surface area contributed by atoms with E-state index in [1.54, 1.807) is 11.8 Å². The summed E-state index contributed by atoms with van der Waals surface area (Å²) >= 11 is 7.22. The molecule has 2 nitrogen and oxygen atoms in total. The monoisotopic (exact) mass is 447 g/mol. The molecule has 1 N–H and O–H groups in total. The minimum Gasteiger partial charge on any atom is -0.322 e. The van der Waals surface area contributed by atoms with Crippen LogP contribution in [0.2, 0.25) is 0 Å². The van der Waals surface area contributed by atoms with Crippen molar-refractivity contribution in [2.75, 3.05) is 11.6 Å². The number of thioether (sulfide) groups is 1. The fraction of sp³-hybridized carbons (Fsp3) is 0.0714. The first-order valence-corrected chi connectivity index (χ1v) is 8.60. The molecule has 0 spiro atoms. The highest BCUT2D eigenvalue weighted by molar-refractivity contribution is 14.1. The van der Waals surface area contributed by atoms with Gasteiger partial charge in [0.2, 0.25) is 0 Å². The summed E-state index contributed by atoms with van der Waals surface area (Å²) in [6.07, 6.45) is 2.03. The van der Waals surface area contributed by atoms with Crippen molar-refractivity contribution in [2.24, 2.45) is 0 Å². The summed E-state index contributed by atoms with van der Waals surface area (Å²) in [4.78, 5) is 13.4. The molecule has 98 valence electrons. The van der Waals surface area contributed by atoms with Gasteiger partial charge >= 0.3 is 0 Å². The van der Waals surface area contributed by atoms with Crippen molar-refractivity contribution in [3.63, 3.8) is 0 Å². The van der Waals surface area contributed by atoms with E-state index in [-0.39, 0.29) is 5.91 Å². The molecule has 2 aromatic carbocycles. The van der Waals surface area contributed by atoms with Crippen molar-refractivity contribution in [1.82, 2.24) is 0 Å². The third-order valence-corrected chi connectivity index (χ3v) is 4.70. The zero-order valence-electron chi connectivity index (χ0n) is 10.1. The van der Waals surface area contributed by atoms with Crippen LogP contribution in [0.15, 0.2) is 51.8 Å². The third-order valence-electron chi connectivity index (χ3n) is 2.52. The normalized spacial score (nSPS) is 10.3. The molecule has 0 bridgehead atoms. The largest absolute Gasteiger partial charge is 0.322 e. The van der Waals surface area contributed by atoms with E-state index in [0.717, 1.165) is 13.7 Å². The van der Waals surface area contributed by atoms with Crippen LogP contribution in [0.25, 0.3) is 0 Å². The van der Waals surface area contributed by atoms with Gasteiger partial charge in [0, 0.05) is 18.6 Å². The number of hydrogen-bond donors (Lipinski definition) is 1. The summed E-state index contributed by atoms with van der Waals surface area (Å²) in [5.74, 6) is -0.0948. The molecule has 0 heterocycles. The van der Waals surface area contributed by atoms with Crippen molar-refractivity contribution >= 4 is 61.9 Å². The Morgan fingerprint density at radius 1 is 1.21 bits per heavy atom. The summed E-state index contributed by atoms with van der Waals surface area (Å²) in [5, 5.41) is 2.90. The van der Waals surface area contributed by atoms with Gasteiger partial charge in [0.25, 0.3) is 5.91 Å². The number of hydrogen-bond acceptors (Lipinski definition) is 2. The molecule has 0 atom stereocenters. The molecule has 0 aromatic heterocycles. The van der Waals surface area contributed by atoms with Crippen LogP contribution in [-0.4, -0.2) is 12.2 Å². The number of carbonyl (C=O) groups is 1. The van der Waals surface area contributed by atoms with Crippen LogP contribution < -0.4 is 5.32 Å². The Morgan fingerprint density at radius 2 is 1.89 bits per heavy atom. The predicted molar refractivity (Wildman–Crippen MR) is 93.0 cm³/mol. The fourth-order valence-electron chi connectivity index (χ4n) is 1.54. The molecule has 0 aliphatic carbocycles. The Kier molecular flexibility index (Phi) is 5.29. The lowest BCUT2D eigenvalue weighted by molar-refractivity contribution is 0.102. The lowest BCUT2D eigenvalue weighted by Crippen LogP contribution is -2.13. The van der Waals surface area contributed by atoms with E-state index in [2.05, 4.69) is 43.8 Å². The SMILES string of the molecule is CSc1ccc(NC(=O)c2cc(Br)ccc2I)cc1. The van der Waals surface area contributed by atoms with Crippen LogP contribution in [0.1, 0.15) is 10.4 Å². The quantitative estimate of drug-likeness (QED) is 0.528. The van der Waals surface area contributed by atoms with E-state index in [0.29, 0.717) is 5.56 Å². The van der Waals surface area contributed by atoms with Crippen LogP contribution in [-0.2, 0) is 0 Å². The smallest absolute Gasteiger partial charge is 0.256 e. The number of halogens is 2. The number of anilines is 1. The van der Waals surface area contributed by atoms with Gasteiger partial charge in [-0.15, -0.1) is 11.8 Å². The van der Waals surface area contributed by atoms with Crippen molar-refractivity contribution in [3.05, 3.63) is 56.1 Å². The van der Waals surface area contributed by atoms with Crippen molar-refractivity contribution in [2.45, 2.75) is 4.90 Å². The Morgan fingerprint density at radius 3 is 2.53 bits per heavy atom. The lowest BCUT2D eigenvalue weighted by atomic mass is 10.2. The summed E-state index contributed by atoms with van der Waals surface area (Å²) in [5.41, 5.74) is 1.47. The average molecular weight is 448 g/mol. The molecule has 0 radical (unpaired) electrons. The van der Waals surface area contributed by atoms with Gasteiger partial charge in [0.05, 0.1) is 5.56 Å². The van der Waals surface area contributed by atoms with Gasteiger partial charge in [-0.25, -0.2) is 0 Å². The molecule has 0 aliphatic rings. The van der Waals surface area contributed by atoms with E-state index in [4.69, 9.17) is 0 Å². The molecule has 0 saturated heterocycles. The van der Waals surface area contributed by atoms with E-state index in [1.807, 2.05) is 48.7 Å². The lowest BCUT2D eigenvalue weighted by Gasteiger charge is -2.08. The van der Waals surface area contributed by atoms with Gasteiger partial charge in [-0.05, 0) is 71.3 Å². The molecule has 19 heavy (non-hydrogen) atoms. The van der Waals surface area contributed by atoms with Crippen molar-refractivity contribution in [1.29, 1.82) is 0 Å². The standard InChI is InChI=1S/C14H11BrINOS/c1-19-11-5-3-10(4-6-11)17-14(18)12-8-9(15)2-7-13(12)16/h2-8H,1H3,(H,17,18). The van der Waals surface area contributed by atoms with Gasteiger partial charge in [0.1, 0.15) is 0 Å². The number of carbonyl (C=O) groups excluding carboxylic acids is 1. The maximum absolute atomic E-state index is 12.2. The second-order valence-electron chi connectivity index (χ2n) is 3.81. The summed E-state index contributed by atoms with van der Waals surface area (Å²) in [6.45, 7) is 0. The summed E-state index contributed by atoms with van der Waals surface area (Å²) in [7, 11) is 0. The molecule has 0 saturated carbocycles. The Bertz CT molecular complexity index is 601. The number of amides is 1. The molecule has 0 unspecified atom stereocenters. The zero-order chi connectivity index (χ0) is 13.8. The fourth-order valence-corrected chi connectivity index (χ4v) is 2.89. The second-order valence-corrected chi connectivity index (χ2v) is 6.76. The van der Waals surface area contributed by atoms with Gasteiger partial charge in [0.15, 0.2) is 0 Å². The van der Waals surface area contributed by atoms with Gasteiger partial charge in [-0.1, -0.05) is 15.9 Å². The van der Waals surface area contributed by atoms with Gasteiger partial charge in [-0.3, -0.25) is 4.79 Å². The minimum atomic E-state index is -0.0948. The predicted octanol–water partition coefficient (Wildman–Crippen LogP) is 5.03. The van der Waals surface area contributed by atoms with Crippen LogP contribution in [0.5, 0.6) is 0 Å². The highest BCUT2D eigenvalue weighted by Crippen LogP contribution is 2.21. The molecule has 0 aliphatic heterocycles. The minimum absolute atomic E-state index is 0.0948. The second kappa shape index (κ2) is 6.76. The molecule has 0 fully saturated rings. The molecule has 1 amide bonds. The van der Waals surface area contributed by atoms with E-state index in [1.165, 1.54) is 4.90 Å². The topological polar surface area (TPSA) is 29.1 Å². The highest BCUT2D eigenvalue weighted by atomic mass is 127. The third kappa shape index (κ3) is 3.97. The maximum atomic E-state index is 12.2. The number of nitrogens with one attached hydrogen (secondary N) is 1. The first-order chi connectivity index (χ1) is 9.10. The first kappa shape index (κ1) is 14.9. The van der Waals surface area contributed by atoms with Crippen molar-refractivity contribution in [3.8, 4) is 0 Å². The maximum Gasteiger partial charge on any atom is 0.256 e. The molecule has 2 rings (SSSR count). The van der Waals surface area contributed by atoms with Crippen LogP contribution >= 0.6 is 50.3 Å². The Balaban J connectivity index is 2.18. The molecular weight excluding hydrogens is 437 g/mol. The van der Waals surface area contributed by atoms with E-state index >= 15 is 0 Å². The van der Waals surface area contributed by atoms with Crippen LogP contribution in [0.4, 0.5) is 5.69 Å². The molecule has 2 aromatic rings. The first-order valence-electron chi connectivity index (χ1n) is 5.50. The number of rotatable bonds is 3. The zero-order valence-corrected chi connectivity index (χ0v) is 14.7. The van der Waals surface area contributed by atoms with Crippen LogP contribution in [0, 0.1) is 3.57 Å². The van der Waals surface area contributed by atoms with Crippen molar-refractivity contribution < 1.29 is 4.79 Å².